The van der Waals surface area contributed by atoms with Gasteiger partial charge in [-0.2, -0.15) is 0 Å². The molecule has 0 radical (unpaired) electrons. The quantitative estimate of drug-likeness (QED) is 0.891. The SMILES string of the molecule is Cc1ccc(Br)c(C(O)Cc2cc(F)cc(F)c2)c1. The van der Waals surface area contributed by atoms with Gasteiger partial charge in [-0.3, -0.25) is 0 Å². The molecule has 0 bridgehead atoms. The summed E-state index contributed by atoms with van der Waals surface area (Å²) in [5, 5.41) is 10.2. The highest BCUT2D eigenvalue weighted by molar-refractivity contribution is 9.10. The highest BCUT2D eigenvalue weighted by Gasteiger charge is 2.13. The zero-order valence-corrected chi connectivity index (χ0v) is 11.9. The van der Waals surface area contributed by atoms with Crippen molar-refractivity contribution in [1.29, 1.82) is 0 Å². The first-order chi connectivity index (χ1) is 8.95. The van der Waals surface area contributed by atoms with Crippen LogP contribution in [-0.4, -0.2) is 5.11 Å². The molecule has 0 aliphatic heterocycles. The van der Waals surface area contributed by atoms with Gasteiger partial charge in [-0.1, -0.05) is 33.6 Å². The molecule has 4 heteroatoms. The summed E-state index contributed by atoms with van der Waals surface area (Å²) < 4.78 is 27.0. The standard InChI is InChI=1S/C15H13BrF2O/c1-9-2-3-14(16)13(4-9)15(19)7-10-5-11(17)8-12(18)6-10/h2-6,8,15,19H,7H2,1H3. The summed E-state index contributed by atoms with van der Waals surface area (Å²) in [6.07, 6.45) is -0.646. The largest absolute Gasteiger partial charge is 0.388 e. The Hall–Kier alpha value is -1.26. The van der Waals surface area contributed by atoms with Crippen LogP contribution in [-0.2, 0) is 6.42 Å². The summed E-state index contributed by atoms with van der Waals surface area (Å²) in [6.45, 7) is 1.92. The van der Waals surface area contributed by atoms with Crippen molar-refractivity contribution in [2.75, 3.05) is 0 Å². The van der Waals surface area contributed by atoms with Crippen molar-refractivity contribution in [3.63, 3.8) is 0 Å². The van der Waals surface area contributed by atoms with Crippen LogP contribution in [0.2, 0.25) is 0 Å². The molecule has 1 unspecified atom stereocenters. The van der Waals surface area contributed by atoms with E-state index in [1.54, 1.807) is 0 Å². The van der Waals surface area contributed by atoms with Crippen molar-refractivity contribution < 1.29 is 13.9 Å². The second-order valence-corrected chi connectivity index (χ2v) is 5.38. The number of hydrogen-bond acceptors (Lipinski definition) is 1. The van der Waals surface area contributed by atoms with Crippen LogP contribution < -0.4 is 0 Å². The average Bonchev–Trinajstić information content (AvgIpc) is 2.30. The molecule has 2 aromatic carbocycles. The lowest BCUT2D eigenvalue weighted by molar-refractivity contribution is 0.177. The van der Waals surface area contributed by atoms with Crippen molar-refractivity contribution in [1.82, 2.24) is 0 Å². The summed E-state index contributed by atoms with van der Waals surface area (Å²) in [4.78, 5) is 0. The van der Waals surface area contributed by atoms with E-state index in [2.05, 4.69) is 15.9 Å². The summed E-state index contributed by atoms with van der Waals surface area (Å²) in [7, 11) is 0. The van der Waals surface area contributed by atoms with Gasteiger partial charge in [0.15, 0.2) is 0 Å². The Labute approximate surface area is 119 Å². The maximum absolute atomic E-state index is 13.1. The van der Waals surface area contributed by atoms with E-state index in [1.165, 1.54) is 12.1 Å². The molecule has 0 spiro atoms. The maximum Gasteiger partial charge on any atom is 0.126 e. The molecule has 0 saturated heterocycles. The Morgan fingerprint density at radius 3 is 2.37 bits per heavy atom. The monoisotopic (exact) mass is 326 g/mol. The van der Waals surface area contributed by atoms with Crippen LogP contribution in [0.1, 0.15) is 22.8 Å². The van der Waals surface area contributed by atoms with Gasteiger partial charge >= 0.3 is 0 Å². The summed E-state index contributed by atoms with van der Waals surface area (Å²) in [5.41, 5.74) is 2.16. The number of halogens is 3. The third-order valence-electron chi connectivity index (χ3n) is 2.86. The van der Waals surface area contributed by atoms with E-state index in [0.717, 1.165) is 16.1 Å². The van der Waals surface area contributed by atoms with Crippen molar-refractivity contribution in [3.8, 4) is 0 Å². The molecule has 1 atom stereocenters. The molecule has 0 amide bonds. The van der Waals surface area contributed by atoms with Crippen LogP contribution in [0.5, 0.6) is 0 Å². The Morgan fingerprint density at radius 1 is 1.11 bits per heavy atom. The normalized spacial score (nSPS) is 12.5. The number of aryl methyl sites for hydroxylation is 1. The fourth-order valence-electron chi connectivity index (χ4n) is 1.98. The Kier molecular flexibility index (Phi) is 4.32. The van der Waals surface area contributed by atoms with Crippen LogP contribution in [0, 0.1) is 18.6 Å². The third-order valence-corrected chi connectivity index (χ3v) is 3.58. The number of aliphatic hydroxyl groups excluding tert-OH is 1. The Morgan fingerprint density at radius 2 is 1.74 bits per heavy atom. The van der Waals surface area contributed by atoms with Crippen LogP contribution >= 0.6 is 15.9 Å². The molecule has 0 fully saturated rings. The van der Waals surface area contributed by atoms with Gasteiger partial charge in [0.2, 0.25) is 0 Å². The molecule has 2 aromatic rings. The lowest BCUT2D eigenvalue weighted by atomic mass is 10.00. The van der Waals surface area contributed by atoms with E-state index in [1.807, 2.05) is 25.1 Å². The Bertz CT molecular complexity index is 578. The smallest absolute Gasteiger partial charge is 0.126 e. The predicted octanol–water partition coefficient (Wildman–Crippen LogP) is 4.31. The first-order valence-corrected chi connectivity index (χ1v) is 6.64. The van der Waals surface area contributed by atoms with Gasteiger partial charge in [0.1, 0.15) is 11.6 Å². The minimum Gasteiger partial charge on any atom is -0.388 e. The van der Waals surface area contributed by atoms with Crippen molar-refractivity contribution in [2.45, 2.75) is 19.4 Å². The molecule has 100 valence electrons. The fraction of sp³-hybridized carbons (Fsp3) is 0.200. The van der Waals surface area contributed by atoms with Crippen LogP contribution in [0.3, 0.4) is 0 Å². The Balaban J connectivity index is 2.25. The summed E-state index contributed by atoms with van der Waals surface area (Å²) >= 11 is 3.37. The molecule has 0 aromatic heterocycles. The van der Waals surface area contributed by atoms with E-state index < -0.39 is 17.7 Å². The second-order valence-electron chi connectivity index (χ2n) is 4.52. The second kappa shape index (κ2) is 5.80. The van der Waals surface area contributed by atoms with Gasteiger partial charge in [-0.15, -0.1) is 0 Å². The van der Waals surface area contributed by atoms with Gasteiger partial charge in [-0.05, 0) is 36.2 Å². The lowest BCUT2D eigenvalue weighted by Crippen LogP contribution is -2.04. The highest BCUT2D eigenvalue weighted by Crippen LogP contribution is 2.27. The van der Waals surface area contributed by atoms with E-state index in [0.29, 0.717) is 11.1 Å². The lowest BCUT2D eigenvalue weighted by Gasteiger charge is -2.14. The number of benzene rings is 2. The molecule has 1 N–H and O–H groups in total. The summed E-state index contributed by atoms with van der Waals surface area (Å²) in [6, 6.07) is 8.90. The molecule has 0 aliphatic rings. The molecular weight excluding hydrogens is 314 g/mol. The van der Waals surface area contributed by atoms with Gasteiger partial charge < -0.3 is 5.11 Å². The zero-order chi connectivity index (χ0) is 14.0. The van der Waals surface area contributed by atoms with Crippen LogP contribution in [0.15, 0.2) is 40.9 Å². The van der Waals surface area contributed by atoms with Crippen LogP contribution in [0.4, 0.5) is 8.78 Å². The molecule has 0 heterocycles. The topological polar surface area (TPSA) is 20.2 Å². The van der Waals surface area contributed by atoms with E-state index in [4.69, 9.17) is 0 Å². The van der Waals surface area contributed by atoms with Crippen LogP contribution in [0.25, 0.3) is 0 Å². The molecule has 2 rings (SSSR count). The van der Waals surface area contributed by atoms with Crippen molar-refractivity contribution in [2.24, 2.45) is 0 Å². The minimum absolute atomic E-state index is 0.163. The van der Waals surface area contributed by atoms with Crippen molar-refractivity contribution in [3.05, 3.63) is 69.2 Å². The van der Waals surface area contributed by atoms with E-state index in [9.17, 15) is 13.9 Å². The summed E-state index contributed by atoms with van der Waals surface area (Å²) in [5.74, 6) is -1.27. The van der Waals surface area contributed by atoms with Crippen molar-refractivity contribution >= 4 is 15.9 Å². The van der Waals surface area contributed by atoms with E-state index >= 15 is 0 Å². The number of aliphatic hydroxyl groups is 1. The first kappa shape index (κ1) is 14.2. The molecule has 0 saturated carbocycles. The predicted molar refractivity (Wildman–Crippen MR) is 73.9 cm³/mol. The van der Waals surface area contributed by atoms with Gasteiger partial charge in [0.05, 0.1) is 6.10 Å². The molecule has 19 heavy (non-hydrogen) atoms. The number of hydrogen-bond donors (Lipinski definition) is 1. The number of rotatable bonds is 3. The third kappa shape index (κ3) is 3.61. The molecular formula is C15H13BrF2O. The van der Waals surface area contributed by atoms with E-state index in [-0.39, 0.29) is 6.42 Å². The maximum atomic E-state index is 13.1. The fourth-order valence-corrected chi connectivity index (χ4v) is 2.49. The minimum atomic E-state index is -0.810. The average molecular weight is 327 g/mol. The first-order valence-electron chi connectivity index (χ1n) is 5.85. The zero-order valence-electron chi connectivity index (χ0n) is 10.3. The highest BCUT2D eigenvalue weighted by atomic mass is 79.9. The molecule has 0 aliphatic carbocycles. The van der Waals surface area contributed by atoms with Gasteiger partial charge in [0.25, 0.3) is 0 Å². The van der Waals surface area contributed by atoms with Gasteiger partial charge in [0, 0.05) is 17.0 Å². The van der Waals surface area contributed by atoms with Gasteiger partial charge in [-0.25, -0.2) is 8.78 Å². The molecule has 1 nitrogen and oxygen atoms in total.